The molecule has 1 aliphatic rings. The molecule has 72 valence electrons. The van der Waals surface area contributed by atoms with Gasteiger partial charge < -0.3 is 5.32 Å². The molecule has 1 unspecified atom stereocenters. The van der Waals surface area contributed by atoms with Crippen molar-refractivity contribution in [1.82, 2.24) is 5.32 Å². The second kappa shape index (κ2) is 3.81. The number of rotatable bonds is 1. The molecule has 0 aliphatic heterocycles. The van der Waals surface area contributed by atoms with Crippen molar-refractivity contribution in [3.8, 4) is 6.07 Å². The highest BCUT2D eigenvalue weighted by molar-refractivity contribution is 5.45. The van der Waals surface area contributed by atoms with Gasteiger partial charge in [0, 0.05) is 6.04 Å². The summed E-state index contributed by atoms with van der Waals surface area (Å²) in [5, 5.41) is 12.3. The topological polar surface area (TPSA) is 35.8 Å². The van der Waals surface area contributed by atoms with Crippen LogP contribution in [0.25, 0.3) is 0 Å². The van der Waals surface area contributed by atoms with Crippen LogP contribution in [-0.4, -0.2) is 7.05 Å². The van der Waals surface area contributed by atoms with Crippen LogP contribution in [0.4, 0.5) is 0 Å². The lowest BCUT2D eigenvalue weighted by Gasteiger charge is -2.25. The fourth-order valence-corrected chi connectivity index (χ4v) is 2.25. The summed E-state index contributed by atoms with van der Waals surface area (Å²) in [5.74, 6) is 0. The molecule has 2 nitrogen and oxygen atoms in total. The maximum Gasteiger partial charge on any atom is 0.0994 e. The Hall–Kier alpha value is -1.33. The minimum absolute atomic E-state index is 0.437. The molecule has 0 saturated heterocycles. The van der Waals surface area contributed by atoms with Gasteiger partial charge in [-0.25, -0.2) is 0 Å². The number of hydrogen-bond donors (Lipinski definition) is 1. The van der Waals surface area contributed by atoms with Crippen LogP contribution in [0, 0.1) is 11.3 Å². The van der Waals surface area contributed by atoms with E-state index in [0.717, 1.165) is 12.0 Å². The Kier molecular flexibility index (Phi) is 2.51. The summed E-state index contributed by atoms with van der Waals surface area (Å²) in [4.78, 5) is 0. The lowest BCUT2D eigenvalue weighted by Crippen LogP contribution is -2.22. The van der Waals surface area contributed by atoms with Crippen LogP contribution in [0.1, 0.15) is 35.6 Å². The maximum absolute atomic E-state index is 8.98. The molecule has 1 aromatic rings. The zero-order valence-electron chi connectivity index (χ0n) is 8.38. The van der Waals surface area contributed by atoms with E-state index >= 15 is 0 Å². The minimum atomic E-state index is 0.437. The van der Waals surface area contributed by atoms with Gasteiger partial charge in [-0.3, -0.25) is 0 Å². The summed E-state index contributed by atoms with van der Waals surface area (Å²) in [6, 6.07) is 8.74. The Balaban J connectivity index is 2.50. The van der Waals surface area contributed by atoms with Crippen molar-refractivity contribution in [1.29, 1.82) is 5.26 Å². The molecule has 2 rings (SSSR count). The van der Waals surface area contributed by atoms with Gasteiger partial charge in [-0.2, -0.15) is 5.26 Å². The van der Waals surface area contributed by atoms with Crippen LogP contribution in [-0.2, 0) is 6.42 Å². The van der Waals surface area contributed by atoms with Crippen LogP contribution >= 0.6 is 0 Å². The predicted molar refractivity (Wildman–Crippen MR) is 55.9 cm³/mol. The second-order valence-electron chi connectivity index (χ2n) is 3.72. The molecule has 1 atom stereocenters. The van der Waals surface area contributed by atoms with Gasteiger partial charge in [0.2, 0.25) is 0 Å². The highest BCUT2D eigenvalue weighted by Gasteiger charge is 2.20. The number of hydrogen-bond acceptors (Lipinski definition) is 2. The van der Waals surface area contributed by atoms with E-state index in [4.69, 9.17) is 5.26 Å². The summed E-state index contributed by atoms with van der Waals surface area (Å²) < 4.78 is 0. The Morgan fingerprint density at radius 2 is 2.36 bits per heavy atom. The van der Waals surface area contributed by atoms with Gasteiger partial charge in [-0.15, -0.1) is 0 Å². The normalized spacial score (nSPS) is 19.9. The van der Waals surface area contributed by atoms with E-state index in [1.165, 1.54) is 24.0 Å². The van der Waals surface area contributed by atoms with Gasteiger partial charge in [-0.05, 0) is 43.5 Å². The Morgan fingerprint density at radius 3 is 3.07 bits per heavy atom. The predicted octanol–water partition coefficient (Wildman–Crippen LogP) is 2.16. The number of nitriles is 1. The van der Waals surface area contributed by atoms with Crippen LogP contribution in [0.3, 0.4) is 0 Å². The summed E-state index contributed by atoms with van der Waals surface area (Å²) in [6.07, 6.45) is 3.41. The molecule has 1 aromatic carbocycles. The summed E-state index contributed by atoms with van der Waals surface area (Å²) in [6.45, 7) is 0. The second-order valence-corrected chi connectivity index (χ2v) is 3.72. The zero-order chi connectivity index (χ0) is 9.97. The number of benzene rings is 1. The molecule has 1 N–H and O–H groups in total. The fourth-order valence-electron chi connectivity index (χ4n) is 2.25. The third-order valence-corrected chi connectivity index (χ3v) is 2.98. The maximum atomic E-state index is 8.98. The first-order valence-electron chi connectivity index (χ1n) is 5.06. The zero-order valence-corrected chi connectivity index (χ0v) is 8.38. The fraction of sp³-hybridized carbons (Fsp3) is 0.417. The van der Waals surface area contributed by atoms with E-state index < -0.39 is 0 Å². The Bertz CT molecular complexity index is 376. The molecule has 0 aromatic heterocycles. The molecular weight excluding hydrogens is 172 g/mol. The first-order valence-corrected chi connectivity index (χ1v) is 5.06. The third-order valence-electron chi connectivity index (χ3n) is 2.98. The van der Waals surface area contributed by atoms with Crippen LogP contribution in [0.2, 0.25) is 0 Å². The molecule has 2 heteroatoms. The van der Waals surface area contributed by atoms with E-state index in [2.05, 4.69) is 17.5 Å². The minimum Gasteiger partial charge on any atom is -0.313 e. The molecular formula is C12H14N2. The molecule has 14 heavy (non-hydrogen) atoms. The van der Waals surface area contributed by atoms with Gasteiger partial charge in [0.1, 0.15) is 0 Å². The number of nitrogens with one attached hydrogen (secondary N) is 1. The molecule has 1 aliphatic carbocycles. The SMILES string of the molecule is CNC1CCCc2c(C#N)cccc21. The Labute approximate surface area is 84.6 Å². The third kappa shape index (κ3) is 1.40. The lowest BCUT2D eigenvalue weighted by molar-refractivity contribution is 0.496. The van der Waals surface area contributed by atoms with Crippen molar-refractivity contribution >= 4 is 0 Å². The molecule has 0 bridgehead atoms. The molecule has 0 heterocycles. The van der Waals surface area contributed by atoms with Crippen LogP contribution in [0.15, 0.2) is 18.2 Å². The quantitative estimate of drug-likeness (QED) is 0.729. The standard InChI is InChI=1S/C12H14N2/c1-14-12-7-3-5-10-9(8-13)4-2-6-11(10)12/h2,4,6,12,14H,3,5,7H2,1H3. The summed E-state index contributed by atoms with van der Waals surface area (Å²) >= 11 is 0. The van der Waals surface area contributed by atoms with E-state index in [1.807, 2.05) is 19.2 Å². The summed E-state index contributed by atoms with van der Waals surface area (Å²) in [7, 11) is 1.98. The average molecular weight is 186 g/mol. The lowest BCUT2D eigenvalue weighted by atomic mass is 9.85. The van der Waals surface area contributed by atoms with Crippen molar-refractivity contribution in [2.75, 3.05) is 7.05 Å². The van der Waals surface area contributed by atoms with Gasteiger partial charge in [0.15, 0.2) is 0 Å². The van der Waals surface area contributed by atoms with Gasteiger partial charge in [-0.1, -0.05) is 12.1 Å². The van der Waals surface area contributed by atoms with Gasteiger partial charge >= 0.3 is 0 Å². The van der Waals surface area contributed by atoms with E-state index in [-0.39, 0.29) is 0 Å². The molecule has 0 radical (unpaired) electrons. The van der Waals surface area contributed by atoms with Crippen LogP contribution < -0.4 is 5.32 Å². The highest BCUT2D eigenvalue weighted by atomic mass is 14.9. The van der Waals surface area contributed by atoms with Gasteiger partial charge in [0.05, 0.1) is 11.6 Å². The van der Waals surface area contributed by atoms with Crippen LogP contribution in [0.5, 0.6) is 0 Å². The first-order chi connectivity index (χ1) is 6.86. The molecule has 0 spiro atoms. The largest absolute Gasteiger partial charge is 0.313 e. The van der Waals surface area contributed by atoms with E-state index in [9.17, 15) is 0 Å². The number of nitrogens with zero attached hydrogens (tertiary/aromatic N) is 1. The van der Waals surface area contributed by atoms with E-state index in [1.54, 1.807) is 0 Å². The first kappa shape index (κ1) is 9.23. The van der Waals surface area contributed by atoms with Crippen molar-refractivity contribution in [3.05, 3.63) is 34.9 Å². The monoisotopic (exact) mass is 186 g/mol. The Morgan fingerprint density at radius 1 is 1.50 bits per heavy atom. The van der Waals surface area contributed by atoms with E-state index in [0.29, 0.717) is 6.04 Å². The van der Waals surface area contributed by atoms with Crippen molar-refractivity contribution in [2.24, 2.45) is 0 Å². The summed E-state index contributed by atoms with van der Waals surface area (Å²) in [5.41, 5.74) is 3.42. The molecule has 0 amide bonds. The van der Waals surface area contributed by atoms with Gasteiger partial charge in [0.25, 0.3) is 0 Å². The highest BCUT2D eigenvalue weighted by Crippen LogP contribution is 2.31. The average Bonchev–Trinajstić information content (AvgIpc) is 2.27. The smallest absolute Gasteiger partial charge is 0.0994 e. The molecule has 0 fully saturated rings. The molecule has 0 saturated carbocycles. The van der Waals surface area contributed by atoms with Crippen molar-refractivity contribution in [3.63, 3.8) is 0 Å². The van der Waals surface area contributed by atoms with Crippen molar-refractivity contribution < 1.29 is 0 Å². The van der Waals surface area contributed by atoms with Crippen molar-refractivity contribution in [2.45, 2.75) is 25.3 Å². The number of fused-ring (bicyclic) bond motifs is 1.